The van der Waals surface area contributed by atoms with Crippen LogP contribution in [0.3, 0.4) is 0 Å². The molecule has 0 aromatic heterocycles. The Hall–Kier alpha value is -1.29. The van der Waals surface area contributed by atoms with Crippen LogP contribution in [0.1, 0.15) is 71.1 Å². The molecule has 0 aromatic carbocycles. The van der Waals surface area contributed by atoms with Crippen molar-refractivity contribution in [1.29, 1.82) is 0 Å². The summed E-state index contributed by atoms with van der Waals surface area (Å²) >= 11 is 0. The fraction of sp³-hybridized carbons (Fsp3) is 0.903. The maximum Gasteiger partial charge on any atom is 0.240 e. The number of carbonyl (C=O) groups excluding carboxylic acids is 1. The number of aliphatic hydroxyl groups excluding tert-OH is 2. The molecule has 234 valence electrons. The summed E-state index contributed by atoms with van der Waals surface area (Å²) in [5, 5.41) is 35.7. The summed E-state index contributed by atoms with van der Waals surface area (Å²) in [7, 11) is 2.20. The number of nitrogens with zero attached hydrogens (tertiary/aromatic N) is 2. The smallest absolute Gasteiger partial charge is 0.240 e. The van der Waals surface area contributed by atoms with E-state index in [-0.39, 0.29) is 12.5 Å². The fourth-order valence-corrected chi connectivity index (χ4v) is 7.27. The van der Waals surface area contributed by atoms with Crippen LogP contribution in [0.4, 0.5) is 0 Å². The van der Waals surface area contributed by atoms with E-state index in [9.17, 15) is 15.0 Å². The van der Waals surface area contributed by atoms with Gasteiger partial charge in [-0.1, -0.05) is 37.5 Å². The van der Waals surface area contributed by atoms with Crippen molar-refractivity contribution in [3.05, 3.63) is 0 Å². The minimum absolute atomic E-state index is 0.114. The molecule has 41 heavy (non-hydrogen) atoms. The third-order valence-electron chi connectivity index (χ3n) is 9.56. The molecular formula is C31H56N6O4. The number of carbonyl (C=O) groups is 1. The molecular weight excluding hydrogens is 520 g/mol. The first kappa shape index (κ1) is 32.6. The molecule has 0 aromatic rings. The summed E-state index contributed by atoms with van der Waals surface area (Å²) in [4.78, 5) is 22.1. The van der Waals surface area contributed by atoms with Gasteiger partial charge in [0.25, 0.3) is 0 Å². The van der Waals surface area contributed by atoms with Crippen molar-refractivity contribution < 1.29 is 19.8 Å². The summed E-state index contributed by atoms with van der Waals surface area (Å²) < 4.78 is 0. The van der Waals surface area contributed by atoms with E-state index in [1.54, 1.807) is 12.0 Å². The lowest BCUT2D eigenvalue weighted by Crippen LogP contribution is -2.50. The second kappa shape index (κ2) is 17.1. The zero-order valence-electron chi connectivity index (χ0n) is 25.5. The van der Waals surface area contributed by atoms with Gasteiger partial charge in [-0.15, -0.1) is 0 Å². The highest BCUT2D eigenvalue weighted by Crippen LogP contribution is 2.35. The van der Waals surface area contributed by atoms with Crippen LogP contribution in [-0.4, -0.2) is 116 Å². The van der Waals surface area contributed by atoms with E-state index in [0.29, 0.717) is 43.7 Å². The maximum atomic E-state index is 13.5. The van der Waals surface area contributed by atoms with E-state index in [0.717, 1.165) is 58.3 Å². The molecule has 0 bridgehead atoms. The summed E-state index contributed by atoms with van der Waals surface area (Å²) in [6.45, 7) is 7.21. The zero-order chi connectivity index (χ0) is 29.0. The fourth-order valence-electron chi connectivity index (χ4n) is 7.27. The highest BCUT2D eigenvalue weighted by molar-refractivity contribution is 5.82. The van der Waals surface area contributed by atoms with Crippen LogP contribution >= 0.6 is 0 Å². The first-order chi connectivity index (χ1) is 20.0. The van der Waals surface area contributed by atoms with Gasteiger partial charge in [-0.3, -0.25) is 20.3 Å². The SMILES string of the molecule is C[C@@H](O)[C@H]1[C@@H](CO)ON(CC2CCCC(C#CCNCC3NCCN3)C2)[C@H]1C(=O)NCCCN(C)C1CCCCC1. The number of amides is 1. The Bertz CT molecular complexity index is 838. The van der Waals surface area contributed by atoms with Crippen LogP contribution in [0, 0.1) is 29.6 Å². The van der Waals surface area contributed by atoms with Crippen LogP contribution < -0.4 is 21.3 Å². The molecule has 10 nitrogen and oxygen atoms in total. The molecule has 0 spiro atoms. The number of hydrogen-bond donors (Lipinski definition) is 6. The quantitative estimate of drug-likeness (QED) is 0.139. The molecule has 2 saturated carbocycles. The monoisotopic (exact) mass is 576 g/mol. The van der Waals surface area contributed by atoms with Gasteiger partial charge in [0.2, 0.25) is 5.91 Å². The molecule has 10 heteroatoms. The van der Waals surface area contributed by atoms with Gasteiger partial charge in [-0.25, -0.2) is 0 Å². The molecule has 4 fully saturated rings. The van der Waals surface area contributed by atoms with E-state index < -0.39 is 24.2 Å². The lowest BCUT2D eigenvalue weighted by molar-refractivity contribution is -0.183. The van der Waals surface area contributed by atoms with Crippen molar-refractivity contribution in [2.75, 3.05) is 59.5 Å². The molecule has 6 atom stereocenters. The van der Waals surface area contributed by atoms with E-state index in [1.807, 2.05) is 0 Å². The standard InChI is InChI=1S/C31H56N6O4/c1-23(39)29-27(22-38)41-37(30(29)31(40)35-15-8-18-36(2)26-12-4-3-5-13-26)21-25-10-6-9-24(19-25)11-7-14-32-20-28-33-16-17-34-28/h23-30,32-34,38-39H,3-6,8-10,12-22H2,1-2H3,(H,35,40)/t23-,24?,25?,27-,29+,30-/m1/s1. The van der Waals surface area contributed by atoms with E-state index in [4.69, 9.17) is 4.84 Å². The van der Waals surface area contributed by atoms with Crippen molar-refractivity contribution in [2.24, 2.45) is 17.8 Å². The van der Waals surface area contributed by atoms with Gasteiger partial charge in [0.1, 0.15) is 12.1 Å². The lowest BCUT2D eigenvalue weighted by Gasteiger charge is -2.32. The molecule has 2 saturated heterocycles. The molecule has 0 radical (unpaired) electrons. The van der Waals surface area contributed by atoms with Crippen molar-refractivity contribution in [3.8, 4) is 11.8 Å². The predicted octanol–water partition coefficient (Wildman–Crippen LogP) is 0.649. The summed E-state index contributed by atoms with van der Waals surface area (Å²) in [6, 6.07) is 0.0478. The second-order valence-corrected chi connectivity index (χ2v) is 12.7. The number of aliphatic hydroxyl groups is 2. The Kier molecular flexibility index (Phi) is 13.6. The maximum absolute atomic E-state index is 13.5. The Morgan fingerprint density at radius 3 is 2.66 bits per heavy atom. The number of rotatable bonds is 13. The van der Waals surface area contributed by atoms with Crippen LogP contribution in [0.25, 0.3) is 0 Å². The Morgan fingerprint density at radius 1 is 1.15 bits per heavy atom. The molecule has 2 unspecified atom stereocenters. The van der Waals surface area contributed by atoms with Gasteiger partial charge in [-0.05, 0) is 65.0 Å². The number of nitrogens with one attached hydrogen (secondary N) is 4. The first-order valence-corrected chi connectivity index (χ1v) is 16.3. The van der Waals surface area contributed by atoms with Gasteiger partial charge in [0.15, 0.2) is 0 Å². The largest absolute Gasteiger partial charge is 0.394 e. The summed E-state index contributed by atoms with van der Waals surface area (Å²) in [5.74, 6) is 6.91. The molecule has 4 aliphatic rings. The normalized spacial score (nSPS) is 30.8. The molecule has 2 heterocycles. The third-order valence-corrected chi connectivity index (χ3v) is 9.56. The van der Waals surface area contributed by atoms with Gasteiger partial charge in [0, 0.05) is 50.6 Å². The molecule has 2 aliphatic heterocycles. The third kappa shape index (κ3) is 9.87. The minimum Gasteiger partial charge on any atom is -0.394 e. The first-order valence-electron chi connectivity index (χ1n) is 16.3. The zero-order valence-corrected chi connectivity index (χ0v) is 25.5. The van der Waals surface area contributed by atoms with Gasteiger partial charge in [0.05, 0.1) is 25.4 Å². The van der Waals surface area contributed by atoms with Crippen molar-refractivity contribution in [2.45, 2.75) is 102 Å². The lowest BCUT2D eigenvalue weighted by atomic mass is 9.81. The molecule has 2 aliphatic carbocycles. The second-order valence-electron chi connectivity index (χ2n) is 12.7. The summed E-state index contributed by atoms with van der Waals surface area (Å²) in [5.41, 5.74) is 0. The van der Waals surface area contributed by atoms with E-state index >= 15 is 0 Å². The van der Waals surface area contributed by atoms with Gasteiger partial charge in [-0.2, -0.15) is 5.06 Å². The topological polar surface area (TPSA) is 121 Å². The van der Waals surface area contributed by atoms with Gasteiger partial charge < -0.3 is 25.7 Å². The highest BCUT2D eigenvalue weighted by Gasteiger charge is 2.49. The average Bonchev–Trinajstić information content (AvgIpc) is 3.63. The van der Waals surface area contributed by atoms with Crippen molar-refractivity contribution in [1.82, 2.24) is 31.2 Å². The van der Waals surface area contributed by atoms with Gasteiger partial charge >= 0.3 is 0 Å². The minimum atomic E-state index is -0.766. The number of hydroxylamine groups is 2. The average molecular weight is 577 g/mol. The van der Waals surface area contributed by atoms with Crippen LogP contribution in [0.2, 0.25) is 0 Å². The van der Waals surface area contributed by atoms with Crippen molar-refractivity contribution >= 4 is 5.91 Å². The Labute approximate surface area is 247 Å². The van der Waals surface area contributed by atoms with E-state index in [1.165, 1.54) is 32.1 Å². The predicted molar refractivity (Wildman–Crippen MR) is 161 cm³/mol. The molecule has 4 rings (SSSR count). The number of hydrogen-bond acceptors (Lipinski definition) is 9. The summed E-state index contributed by atoms with van der Waals surface area (Å²) in [6.07, 6.45) is 10.7. The molecule has 6 N–H and O–H groups in total. The van der Waals surface area contributed by atoms with Crippen LogP contribution in [0.15, 0.2) is 0 Å². The van der Waals surface area contributed by atoms with Crippen LogP contribution in [0.5, 0.6) is 0 Å². The van der Waals surface area contributed by atoms with Crippen LogP contribution in [-0.2, 0) is 9.63 Å². The highest BCUT2D eigenvalue weighted by atomic mass is 16.7. The Morgan fingerprint density at radius 2 is 1.93 bits per heavy atom. The van der Waals surface area contributed by atoms with Crippen molar-refractivity contribution in [3.63, 3.8) is 0 Å². The van der Waals surface area contributed by atoms with E-state index in [2.05, 4.69) is 45.1 Å². The Balaban J connectivity index is 1.26. The molecule has 1 amide bonds.